The maximum Gasteiger partial charge on any atom is 0.240 e. The highest BCUT2D eigenvalue weighted by atomic mass is 35.5. The Bertz CT molecular complexity index is 328. The lowest BCUT2D eigenvalue weighted by Gasteiger charge is -2.29. The van der Waals surface area contributed by atoms with Crippen LogP contribution in [0.3, 0.4) is 0 Å². The van der Waals surface area contributed by atoms with Gasteiger partial charge in [-0.3, -0.25) is 4.79 Å². The summed E-state index contributed by atoms with van der Waals surface area (Å²) >= 11 is 0. The second-order valence-electron chi connectivity index (χ2n) is 6.61. The highest BCUT2D eigenvalue weighted by Gasteiger charge is 2.42. The van der Waals surface area contributed by atoms with E-state index in [1.165, 1.54) is 25.7 Å². The third-order valence-electron chi connectivity index (χ3n) is 5.69. The van der Waals surface area contributed by atoms with Crippen molar-refractivity contribution in [2.75, 3.05) is 13.1 Å². The largest absolute Gasteiger partial charge is 0.354 e. The number of fused-ring (bicyclic) bond motifs is 2. The number of halogens is 1. The van der Waals surface area contributed by atoms with Crippen LogP contribution < -0.4 is 10.6 Å². The predicted octanol–water partition coefficient (Wildman–Crippen LogP) is 2.49. The Balaban J connectivity index is 0.00000133. The summed E-state index contributed by atoms with van der Waals surface area (Å²) in [4.78, 5) is 12.4. The van der Waals surface area contributed by atoms with Gasteiger partial charge in [0.15, 0.2) is 0 Å². The molecule has 3 rings (SSSR count). The van der Waals surface area contributed by atoms with Gasteiger partial charge < -0.3 is 10.6 Å². The summed E-state index contributed by atoms with van der Waals surface area (Å²) in [5.74, 6) is 2.90. The van der Waals surface area contributed by atoms with Gasteiger partial charge in [0.2, 0.25) is 5.91 Å². The van der Waals surface area contributed by atoms with E-state index in [9.17, 15) is 4.79 Å². The number of hydrogen-bond donors (Lipinski definition) is 2. The summed E-state index contributed by atoms with van der Waals surface area (Å²) < 4.78 is 0. The molecule has 0 radical (unpaired) electrons. The summed E-state index contributed by atoms with van der Waals surface area (Å²) in [6, 6.07) is 0. The number of nitrogens with one attached hydrogen (secondary N) is 2. The van der Waals surface area contributed by atoms with Crippen molar-refractivity contribution >= 4 is 18.3 Å². The molecule has 4 heteroatoms. The van der Waals surface area contributed by atoms with E-state index in [0.29, 0.717) is 0 Å². The molecule has 3 aliphatic rings. The molecule has 4 unspecified atom stereocenters. The average molecular weight is 287 g/mol. The van der Waals surface area contributed by atoms with Crippen molar-refractivity contribution < 1.29 is 4.79 Å². The Morgan fingerprint density at radius 3 is 2.74 bits per heavy atom. The Hall–Kier alpha value is -0.280. The molecule has 0 aromatic carbocycles. The first-order valence-corrected chi connectivity index (χ1v) is 7.77. The monoisotopic (exact) mass is 286 g/mol. The second kappa shape index (κ2) is 6.01. The topological polar surface area (TPSA) is 41.1 Å². The lowest BCUT2D eigenvalue weighted by molar-refractivity contribution is -0.127. The van der Waals surface area contributed by atoms with Crippen LogP contribution in [0.1, 0.15) is 51.9 Å². The first kappa shape index (κ1) is 15.1. The standard InChI is InChI=1S/C15H26N2O.ClH/c1-2-15(6-3-7-17-15)14(18)16-10-13-9-11-4-5-12(13)8-11;/h11-13,17H,2-10H2,1H3,(H,16,18);1H. The fraction of sp³-hybridized carbons (Fsp3) is 0.933. The molecule has 1 aliphatic heterocycles. The molecule has 2 N–H and O–H groups in total. The van der Waals surface area contributed by atoms with Crippen LogP contribution in [-0.4, -0.2) is 24.5 Å². The van der Waals surface area contributed by atoms with Crippen molar-refractivity contribution in [3.05, 3.63) is 0 Å². The van der Waals surface area contributed by atoms with Gasteiger partial charge >= 0.3 is 0 Å². The number of carbonyl (C=O) groups excluding carboxylic acids is 1. The minimum absolute atomic E-state index is 0. The van der Waals surface area contributed by atoms with Crippen molar-refractivity contribution in [2.45, 2.75) is 57.4 Å². The first-order chi connectivity index (χ1) is 8.73. The van der Waals surface area contributed by atoms with Crippen molar-refractivity contribution in [1.29, 1.82) is 0 Å². The van der Waals surface area contributed by atoms with Crippen molar-refractivity contribution in [1.82, 2.24) is 10.6 Å². The SMILES string of the molecule is CCC1(C(=O)NCC2CC3CCC2C3)CCCN1.Cl. The highest BCUT2D eigenvalue weighted by molar-refractivity contribution is 5.86. The van der Waals surface area contributed by atoms with Gasteiger partial charge in [-0.2, -0.15) is 0 Å². The van der Waals surface area contributed by atoms with Crippen LogP contribution in [0.25, 0.3) is 0 Å². The van der Waals surface area contributed by atoms with E-state index in [1.54, 1.807) is 0 Å². The van der Waals surface area contributed by atoms with Crippen LogP contribution >= 0.6 is 12.4 Å². The summed E-state index contributed by atoms with van der Waals surface area (Å²) in [6.45, 7) is 4.04. The van der Waals surface area contributed by atoms with Crippen LogP contribution in [0.2, 0.25) is 0 Å². The van der Waals surface area contributed by atoms with Gasteiger partial charge in [-0.1, -0.05) is 13.3 Å². The molecule has 4 atom stereocenters. The number of amides is 1. The fourth-order valence-electron chi connectivity index (χ4n) is 4.48. The Labute approximate surface area is 122 Å². The van der Waals surface area contributed by atoms with Gasteiger partial charge in [-0.15, -0.1) is 12.4 Å². The summed E-state index contributed by atoms with van der Waals surface area (Å²) in [6.07, 6.45) is 8.68. The Morgan fingerprint density at radius 1 is 1.37 bits per heavy atom. The zero-order valence-corrected chi connectivity index (χ0v) is 12.7. The van der Waals surface area contributed by atoms with E-state index in [2.05, 4.69) is 17.6 Å². The van der Waals surface area contributed by atoms with Gasteiger partial charge in [-0.25, -0.2) is 0 Å². The molecule has 3 fully saturated rings. The number of carbonyl (C=O) groups is 1. The maximum absolute atomic E-state index is 12.4. The zero-order valence-electron chi connectivity index (χ0n) is 11.9. The van der Waals surface area contributed by atoms with Gasteiger partial charge in [0.1, 0.15) is 0 Å². The number of hydrogen-bond acceptors (Lipinski definition) is 2. The summed E-state index contributed by atoms with van der Waals surface area (Å²) in [5.41, 5.74) is -0.252. The zero-order chi connectivity index (χ0) is 12.6. The lowest BCUT2D eigenvalue weighted by Crippen LogP contribution is -2.54. The van der Waals surface area contributed by atoms with E-state index in [-0.39, 0.29) is 23.9 Å². The van der Waals surface area contributed by atoms with E-state index < -0.39 is 0 Å². The first-order valence-electron chi connectivity index (χ1n) is 7.77. The van der Waals surface area contributed by atoms with E-state index in [1.807, 2.05) is 0 Å². The summed E-state index contributed by atoms with van der Waals surface area (Å²) in [5, 5.41) is 6.66. The summed E-state index contributed by atoms with van der Waals surface area (Å²) in [7, 11) is 0. The molecule has 19 heavy (non-hydrogen) atoms. The molecular weight excluding hydrogens is 260 g/mol. The molecule has 110 valence electrons. The average Bonchev–Trinajstić information content (AvgIpc) is 3.11. The normalized spacial score (nSPS) is 40.2. The minimum atomic E-state index is -0.252. The quantitative estimate of drug-likeness (QED) is 0.834. The van der Waals surface area contributed by atoms with Crippen LogP contribution in [0.15, 0.2) is 0 Å². The molecule has 2 aliphatic carbocycles. The molecule has 1 saturated heterocycles. The van der Waals surface area contributed by atoms with E-state index >= 15 is 0 Å². The molecule has 1 heterocycles. The smallest absolute Gasteiger partial charge is 0.240 e. The lowest BCUT2D eigenvalue weighted by atomic mass is 9.88. The Kier molecular flexibility index (Phi) is 4.78. The third-order valence-corrected chi connectivity index (χ3v) is 5.69. The molecule has 1 amide bonds. The number of rotatable bonds is 4. The third kappa shape index (κ3) is 2.78. The Morgan fingerprint density at radius 2 is 2.21 bits per heavy atom. The van der Waals surface area contributed by atoms with Gasteiger partial charge in [-0.05, 0) is 62.8 Å². The predicted molar refractivity (Wildman–Crippen MR) is 79.5 cm³/mol. The van der Waals surface area contributed by atoms with Crippen LogP contribution in [-0.2, 0) is 4.79 Å². The van der Waals surface area contributed by atoms with E-state index in [0.717, 1.165) is 50.1 Å². The fourth-order valence-corrected chi connectivity index (χ4v) is 4.48. The second-order valence-corrected chi connectivity index (χ2v) is 6.61. The molecule has 0 spiro atoms. The molecule has 3 nitrogen and oxygen atoms in total. The minimum Gasteiger partial charge on any atom is -0.354 e. The van der Waals surface area contributed by atoms with Crippen molar-refractivity contribution in [2.24, 2.45) is 17.8 Å². The van der Waals surface area contributed by atoms with Gasteiger partial charge in [0.05, 0.1) is 5.54 Å². The van der Waals surface area contributed by atoms with Crippen molar-refractivity contribution in [3.8, 4) is 0 Å². The maximum atomic E-state index is 12.4. The molecular formula is C15H27ClN2O. The highest BCUT2D eigenvalue weighted by Crippen LogP contribution is 2.47. The van der Waals surface area contributed by atoms with Crippen LogP contribution in [0.4, 0.5) is 0 Å². The van der Waals surface area contributed by atoms with Gasteiger partial charge in [0, 0.05) is 6.54 Å². The van der Waals surface area contributed by atoms with Crippen LogP contribution in [0.5, 0.6) is 0 Å². The van der Waals surface area contributed by atoms with E-state index in [4.69, 9.17) is 0 Å². The van der Waals surface area contributed by atoms with Gasteiger partial charge in [0.25, 0.3) is 0 Å². The molecule has 0 aromatic rings. The molecule has 2 saturated carbocycles. The van der Waals surface area contributed by atoms with Crippen molar-refractivity contribution in [3.63, 3.8) is 0 Å². The molecule has 2 bridgehead atoms. The van der Waals surface area contributed by atoms with Crippen LogP contribution in [0, 0.1) is 17.8 Å². The molecule has 0 aromatic heterocycles.